The Balaban J connectivity index is 1.55. The summed E-state index contributed by atoms with van der Waals surface area (Å²) in [7, 11) is -3.95. The van der Waals surface area contributed by atoms with Gasteiger partial charge in [0.1, 0.15) is 0 Å². The SMILES string of the molecule is CC(OC(=O)c1cc(S(=O)(=O)N2CCCc3ccccc32)ccc1Cl)C(=O)Nc1ccccc1. The summed E-state index contributed by atoms with van der Waals surface area (Å²) in [6.45, 7) is 1.76. The lowest BCUT2D eigenvalue weighted by Gasteiger charge is -2.30. The third kappa shape index (κ3) is 4.93. The molecule has 7 nitrogen and oxygen atoms in total. The van der Waals surface area contributed by atoms with Crippen molar-refractivity contribution in [1.29, 1.82) is 0 Å². The van der Waals surface area contributed by atoms with E-state index < -0.39 is 28.0 Å². The molecule has 1 aliphatic heterocycles. The van der Waals surface area contributed by atoms with E-state index in [4.69, 9.17) is 16.3 Å². The van der Waals surface area contributed by atoms with Crippen LogP contribution >= 0.6 is 11.6 Å². The molecular formula is C25H23ClN2O5S. The molecule has 0 bridgehead atoms. The first-order valence-corrected chi connectivity index (χ1v) is 12.6. The molecular weight excluding hydrogens is 476 g/mol. The Morgan fingerprint density at radius 2 is 1.74 bits per heavy atom. The van der Waals surface area contributed by atoms with Crippen molar-refractivity contribution in [3.8, 4) is 0 Å². The third-order valence-electron chi connectivity index (χ3n) is 5.51. The zero-order chi connectivity index (χ0) is 24.3. The second-order valence-electron chi connectivity index (χ2n) is 7.85. The number of para-hydroxylation sites is 2. The molecule has 34 heavy (non-hydrogen) atoms. The number of sulfonamides is 1. The van der Waals surface area contributed by atoms with Crippen molar-refractivity contribution in [1.82, 2.24) is 0 Å². The number of hydrogen-bond acceptors (Lipinski definition) is 5. The first-order chi connectivity index (χ1) is 16.3. The Hall–Kier alpha value is -3.36. The summed E-state index contributed by atoms with van der Waals surface area (Å²) < 4.78 is 33.5. The molecule has 1 N–H and O–H groups in total. The van der Waals surface area contributed by atoms with Crippen molar-refractivity contribution < 1.29 is 22.7 Å². The van der Waals surface area contributed by atoms with Gasteiger partial charge in [0.25, 0.3) is 15.9 Å². The molecule has 3 aromatic carbocycles. The number of aryl methyl sites for hydroxylation is 1. The molecule has 0 aliphatic carbocycles. The van der Waals surface area contributed by atoms with Crippen LogP contribution in [-0.2, 0) is 26.0 Å². The first-order valence-electron chi connectivity index (χ1n) is 10.7. The Labute approximate surface area is 203 Å². The number of esters is 1. The molecule has 0 radical (unpaired) electrons. The molecule has 0 spiro atoms. The molecule has 1 unspecified atom stereocenters. The van der Waals surface area contributed by atoms with Gasteiger partial charge in [-0.3, -0.25) is 9.10 Å². The fraction of sp³-hybridized carbons (Fsp3) is 0.200. The van der Waals surface area contributed by atoms with Crippen LogP contribution in [-0.4, -0.2) is 32.9 Å². The van der Waals surface area contributed by atoms with Gasteiger partial charge in [-0.25, -0.2) is 13.2 Å². The molecule has 0 saturated heterocycles. The monoisotopic (exact) mass is 498 g/mol. The molecule has 1 aliphatic rings. The topological polar surface area (TPSA) is 92.8 Å². The van der Waals surface area contributed by atoms with Crippen molar-refractivity contribution in [2.75, 3.05) is 16.2 Å². The standard InChI is InChI=1S/C25H23ClN2O5S/c1-17(24(29)27-19-10-3-2-4-11-19)33-25(30)21-16-20(13-14-22(21)26)34(31,32)28-15-7-9-18-8-5-6-12-23(18)28/h2-6,8,10-14,16-17H,7,9,15H2,1H3,(H,27,29). The van der Waals surface area contributed by atoms with Gasteiger partial charge in [-0.2, -0.15) is 0 Å². The summed E-state index contributed by atoms with van der Waals surface area (Å²) >= 11 is 6.19. The van der Waals surface area contributed by atoms with Gasteiger partial charge in [0.15, 0.2) is 6.10 Å². The number of anilines is 2. The number of carbonyl (C=O) groups is 2. The van der Waals surface area contributed by atoms with Gasteiger partial charge in [-0.1, -0.05) is 48.0 Å². The van der Waals surface area contributed by atoms with Crippen LogP contribution in [0.15, 0.2) is 77.7 Å². The maximum Gasteiger partial charge on any atom is 0.340 e. The van der Waals surface area contributed by atoms with Crippen LogP contribution in [0, 0.1) is 0 Å². The van der Waals surface area contributed by atoms with E-state index in [-0.39, 0.29) is 15.5 Å². The molecule has 176 valence electrons. The largest absolute Gasteiger partial charge is 0.449 e. The van der Waals surface area contributed by atoms with Crippen molar-refractivity contribution in [3.05, 3.63) is 88.9 Å². The Morgan fingerprint density at radius 1 is 1.03 bits per heavy atom. The van der Waals surface area contributed by atoms with Crippen LogP contribution in [0.2, 0.25) is 5.02 Å². The lowest BCUT2D eigenvalue weighted by molar-refractivity contribution is -0.123. The molecule has 0 fully saturated rings. The number of fused-ring (bicyclic) bond motifs is 1. The average Bonchev–Trinajstić information content (AvgIpc) is 2.84. The van der Waals surface area contributed by atoms with Crippen LogP contribution in [0.4, 0.5) is 11.4 Å². The number of carbonyl (C=O) groups excluding carboxylic acids is 2. The number of hydrogen-bond donors (Lipinski definition) is 1. The fourth-order valence-electron chi connectivity index (χ4n) is 3.74. The molecule has 4 rings (SSSR count). The smallest absolute Gasteiger partial charge is 0.340 e. The van der Waals surface area contributed by atoms with Gasteiger partial charge in [-0.05, 0) is 61.7 Å². The number of nitrogens with one attached hydrogen (secondary N) is 1. The summed E-state index contributed by atoms with van der Waals surface area (Å²) in [5.41, 5.74) is 2.00. The predicted molar refractivity (Wildman–Crippen MR) is 131 cm³/mol. The van der Waals surface area contributed by atoms with Crippen LogP contribution in [0.3, 0.4) is 0 Å². The van der Waals surface area contributed by atoms with E-state index >= 15 is 0 Å². The number of benzene rings is 3. The normalized spacial score (nSPS) is 14.1. The van der Waals surface area contributed by atoms with Gasteiger partial charge in [-0.15, -0.1) is 0 Å². The summed E-state index contributed by atoms with van der Waals surface area (Å²) in [5, 5.41) is 2.68. The van der Waals surface area contributed by atoms with Crippen molar-refractivity contribution >= 4 is 44.9 Å². The minimum Gasteiger partial charge on any atom is -0.449 e. The highest BCUT2D eigenvalue weighted by atomic mass is 35.5. The van der Waals surface area contributed by atoms with Gasteiger partial charge in [0.2, 0.25) is 0 Å². The molecule has 9 heteroatoms. The zero-order valence-corrected chi connectivity index (χ0v) is 20.0. The lowest BCUT2D eigenvalue weighted by Crippen LogP contribution is -2.35. The number of amides is 1. The number of ether oxygens (including phenoxy) is 1. The van der Waals surface area contributed by atoms with Gasteiger partial charge in [0.05, 0.1) is 21.2 Å². The van der Waals surface area contributed by atoms with E-state index in [0.717, 1.165) is 12.0 Å². The molecule has 1 heterocycles. The van der Waals surface area contributed by atoms with Crippen LogP contribution in [0.25, 0.3) is 0 Å². The van der Waals surface area contributed by atoms with E-state index in [2.05, 4.69) is 5.32 Å². The highest BCUT2D eigenvalue weighted by molar-refractivity contribution is 7.92. The van der Waals surface area contributed by atoms with Crippen LogP contribution in [0.5, 0.6) is 0 Å². The Morgan fingerprint density at radius 3 is 2.50 bits per heavy atom. The molecule has 0 saturated carbocycles. The van der Waals surface area contributed by atoms with Crippen molar-refractivity contribution in [2.24, 2.45) is 0 Å². The van der Waals surface area contributed by atoms with Gasteiger partial charge in [0, 0.05) is 12.2 Å². The second kappa shape index (κ2) is 9.87. The maximum absolute atomic E-state index is 13.4. The minimum absolute atomic E-state index is 0.0265. The Bertz CT molecular complexity index is 1330. The number of nitrogens with zero attached hydrogens (tertiary/aromatic N) is 1. The van der Waals surface area contributed by atoms with E-state index in [0.29, 0.717) is 24.3 Å². The molecule has 1 amide bonds. The Kier molecular flexibility index (Phi) is 6.90. The summed E-state index contributed by atoms with van der Waals surface area (Å²) in [6, 6.07) is 20.0. The highest BCUT2D eigenvalue weighted by Crippen LogP contribution is 2.33. The van der Waals surface area contributed by atoms with E-state index in [9.17, 15) is 18.0 Å². The quantitative estimate of drug-likeness (QED) is 0.499. The number of halogens is 1. The van der Waals surface area contributed by atoms with Crippen LogP contribution < -0.4 is 9.62 Å². The minimum atomic E-state index is -3.95. The third-order valence-corrected chi connectivity index (χ3v) is 7.65. The van der Waals surface area contributed by atoms with Gasteiger partial charge >= 0.3 is 5.97 Å². The summed E-state index contributed by atoms with van der Waals surface area (Å²) in [4.78, 5) is 25.1. The average molecular weight is 499 g/mol. The lowest BCUT2D eigenvalue weighted by atomic mass is 10.0. The number of rotatable bonds is 6. The van der Waals surface area contributed by atoms with Gasteiger partial charge < -0.3 is 10.1 Å². The maximum atomic E-state index is 13.4. The molecule has 3 aromatic rings. The van der Waals surface area contributed by atoms with Crippen LogP contribution in [0.1, 0.15) is 29.3 Å². The first kappa shape index (κ1) is 23.8. The summed E-state index contributed by atoms with van der Waals surface area (Å²) in [6.07, 6.45) is 0.355. The van der Waals surface area contributed by atoms with E-state index in [1.165, 1.54) is 29.4 Å². The van der Waals surface area contributed by atoms with E-state index in [1.807, 2.05) is 18.2 Å². The summed E-state index contributed by atoms with van der Waals surface area (Å²) in [5.74, 6) is -1.42. The predicted octanol–water partition coefficient (Wildman–Crippen LogP) is 4.67. The molecule has 1 atom stereocenters. The zero-order valence-electron chi connectivity index (χ0n) is 18.4. The van der Waals surface area contributed by atoms with Crippen molar-refractivity contribution in [3.63, 3.8) is 0 Å². The highest BCUT2D eigenvalue weighted by Gasteiger charge is 2.30. The van der Waals surface area contributed by atoms with Crippen molar-refractivity contribution in [2.45, 2.75) is 30.8 Å². The fourth-order valence-corrected chi connectivity index (χ4v) is 5.50. The molecule has 0 aromatic heterocycles. The second-order valence-corrected chi connectivity index (χ2v) is 10.1. The van der Waals surface area contributed by atoms with E-state index in [1.54, 1.807) is 36.4 Å².